The SMILES string of the molecule is NN(c1ccn([C@@H]2CO[C@@H]3CO[C@@H](c4ccccc4)O[C@H]3[C@H]2F)c(=O)n1)c1ccn([C@@H]2COC(CO)[C@@H](O)[C@H]2F)c(=O)n1. The number of rotatable bonds is 6. The van der Waals surface area contributed by atoms with Crippen LogP contribution in [0.3, 0.4) is 0 Å². The highest BCUT2D eigenvalue weighted by Gasteiger charge is 2.47. The molecule has 16 heteroatoms. The maximum Gasteiger partial charge on any atom is 0.350 e. The van der Waals surface area contributed by atoms with E-state index in [0.29, 0.717) is 0 Å². The Bertz CT molecular complexity index is 1550. The molecule has 3 fully saturated rings. The molecule has 14 nitrogen and oxygen atoms in total. The van der Waals surface area contributed by atoms with Gasteiger partial charge in [-0.2, -0.15) is 9.97 Å². The summed E-state index contributed by atoms with van der Waals surface area (Å²) in [6.45, 7) is -0.844. The lowest BCUT2D eigenvalue weighted by atomic mass is 9.98. The molecule has 2 aromatic heterocycles. The molecular weight excluding hydrogens is 574 g/mol. The molecule has 3 aliphatic rings. The number of alkyl halides is 2. The summed E-state index contributed by atoms with van der Waals surface area (Å²) in [4.78, 5) is 33.5. The standard InChI is InChI=1S/C27H30F2N6O8/c28-21-15(11-40-17(10-36)23(21)37)33-8-6-19(31-26(33)38)35(30)20-7-9-34(27(39)32-20)16-12-41-18-13-42-25(43-24(18)22(16)29)14-4-2-1-3-5-14/h1-9,15-18,21-25,36-37H,10-13,30H2/t15-,16-,17?,18-,21+,22+,23-,24-,25-/m1/s1. The number of hydrazine groups is 1. The third-order valence-corrected chi connectivity index (χ3v) is 7.87. The van der Waals surface area contributed by atoms with Crippen molar-refractivity contribution in [3.8, 4) is 0 Å². The van der Waals surface area contributed by atoms with Crippen LogP contribution in [0.5, 0.6) is 0 Å². The molecule has 5 heterocycles. The number of aliphatic hydroxyl groups excluding tert-OH is 2. The van der Waals surface area contributed by atoms with E-state index >= 15 is 4.39 Å². The lowest BCUT2D eigenvalue weighted by Gasteiger charge is -2.44. The number of nitrogens with zero attached hydrogens (tertiary/aromatic N) is 5. The van der Waals surface area contributed by atoms with Crippen molar-refractivity contribution in [1.82, 2.24) is 19.1 Å². The maximum absolute atomic E-state index is 15.8. The zero-order valence-electron chi connectivity index (χ0n) is 22.6. The highest BCUT2D eigenvalue weighted by Crippen LogP contribution is 2.36. The minimum atomic E-state index is -1.89. The van der Waals surface area contributed by atoms with E-state index in [4.69, 9.17) is 24.8 Å². The smallest absolute Gasteiger partial charge is 0.350 e. The quantitative estimate of drug-likeness (QED) is 0.251. The summed E-state index contributed by atoms with van der Waals surface area (Å²) < 4.78 is 55.3. The molecule has 0 bridgehead atoms. The zero-order valence-corrected chi connectivity index (χ0v) is 22.6. The summed E-state index contributed by atoms with van der Waals surface area (Å²) >= 11 is 0. The highest BCUT2D eigenvalue weighted by molar-refractivity contribution is 5.52. The Balaban J connectivity index is 1.17. The van der Waals surface area contributed by atoms with Crippen LogP contribution in [0.15, 0.2) is 64.4 Å². The van der Waals surface area contributed by atoms with Crippen LogP contribution in [-0.4, -0.2) is 92.5 Å². The Hall–Kier alpha value is -3.64. The van der Waals surface area contributed by atoms with Crippen molar-refractivity contribution >= 4 is 11.6 Å². The third-order valence-electron chi connectivity index (χ3n) is 7.87. The summed E-state index contributed by atoms with van der Waals surface area (Å²) in [5, 5.41) is 20.1. The number of halogens is 2. The molecule has 1 aromatic carbocycles. The Morgan fingerprint density at radius 2 is 1.49 bits per heavy atom. The van der Waals surface area contributed by atoms with Crippen molar-refractivity contribution in [2.24, 2.45) is 5.84 Å². The minimum Gasteiger partial charge on any atom is -0.394 e. The lowest BCUT2D eigenvalue weighted by Crippen LogP contribution is -2.56. The number of ether oxygens (including phenoxy) is 4. The number of anilines is 2. The van der Waals surface area contributed by atoms with Gasteiger partial charge in [-0.05, 0) is 12.1 Å². The van der Waals surface area contributed by atoms with Crippen molar-refractivity contribution in [1.29, 1.82) is 0 Å². The monoisotopic (exact) mass is 604 g/mol. The van der Waals surface area contributed by atoms with Crippen LogP contribution < -0.4 is 22.2 Å². The molecule has 3 aromatic rings. The predicted molar refractivity (Wildman–Crippen MR) is 144 cm³/mol. The molecule has 4 N–H and O–H groups in total. The van der Waals surface area contributed by atoms with Gasteiger partial charge in [0.2, 0.25) is 0 Å². The van der Waals surface area contributed by atoms with Crippen molar-refractivity contribution in [2.45, 2.75) is 55.1 Å². The molecule has 0 spiro atoms. The topological polar surface area (TPSA) is 176 Å². The average molecular weight is 605 g/mol. The summed E-state index contributed by atoms with van der Waals surface area (Å²) in [5.41, 5.74) is -0.992. The Kier molecular flexibility index (Phi) is 8.32. The Morgan fingerprint density at radius 3 is 2.09 bits per heavy atom. The van der Waals surface area contributed by atoms with E-state index in [0.717, 1.165) is 19.7 Å². The van der Waals surface area contributed by atoms with Crippen LogP contribution in [0.4, 0.5) is 20.4 Å². The number of hydrogen-bond acceptors (Lipinski definition) is 12. The zero-order chi connectivity index (χ0) is 30.2. The van der Waals surface area contributed by atoms with Gasteiger partial charge in [0, 0.05) is 18.0 Å². The van der Waals surface area contributed by atoms with Gasteiger partial charge in [-0.15, -0.1) is 0 Å². The fourth-order valence-electron chi connectivity index (χ4n) is 5.46. The Labute approximate surface area is 242 Å². The van der Waals surface area contributed by atoms with Crippen molar-refractivity contribution in [3.63, 3.8) is 0 Å². The number of aliphatic hydroxyl groups is 2. The van der Waals surface area contributed by atoms with E-state index in [1.807, 2.05) is 30.3 Å². The number of fused-ring (bicyclic) bond motifs is 1. The molecular formula is C27H30F2N6O8. The maximum atomic E-state index is 15.8. The minimum absolute atomic E-state index is 0.0899. The van der Waals surface area contributed by atoms with Gasteiger partial charge in [0.1, 0.15) is 24.4 Å². The van der Waals surface area contributed by atoms with Crippen LogP contribution in [-0.2, 0) is 18.9 Å². The van der Waals surface area contributed by atoms with Crippen LogP contribution in [0.25, 0.3) is 0 Å². The van der Waals surface area contributed by atoms with Crippen molar-refractivity contribution in [3.05, 3.63) is 81.4 Å². The van der Waals surface area contributed by atoms with E-state index in [-0.39, 0.29) is 31.5 Å². The highest BCUT2D eigenvalue weighted by atomic mass is 19.1. The fourth-order valence-corrected chi connectivity index (χ4v) is 5.46. The van der Waals surface area contributed by atoms with Crippen molar-refractivity contribution < 1.29 is 37.9 Å². The Morgan fingerprint density at radius 1 is 0.884 bits per heavy atom. The molecule has 6 rings (SSSR count). The summed E-state index contributed by atoms with van der Waals surface area (Å²) in [6, 6.07) is 9.52. The summed E-state index contributed by atoms with van der Waals surface area (Å²) in [7, 11) is 0. The first-order valence-corrected chi connectivity index (χ1v) is 13.6. The number of nitrogens with two attached hydrogens (primary N) is 1. The van der Waals surface area contributed by atoms with Crippen LogP contribution in [0, 0.1) is 0 Å². The molecule has 43 heavy (non-hydrogen) atoms. The van der Waals surface area contributed by atoms with Crippen LogP contribution in [0.2, 0.25) is 0 Å². The predicted octanol–water partition coefficient (Wildman–Crippen LogP) is -0.165. The summed E-state index contributed by atoms with van der Waals surface area (Å²) in [6.07, 6.45) is -6.13. The molecule has 3 aliphatic heterocycles. The molecule has 0 saturated carbocycles. The van der Waals surface area contributed by atoms with Gasteiger partial charge in [-0.1, -0.05) is 30.3 Å². The molecule has 0 amide bonds. The lowest BCUT2D eigenvalue weighted by molar-refractivity contribution is -0.298. The fraction of sp³-hybridized carbons (Fsp3) is 0.481. The number of aromatic nitrogens is 4. The molecule has 3 saturated heterocycles. The van der Waals surface area contributed by atoms with Gasteiger partial charge in [0.05, 0.1) is 38.5 Å². The second-order valence-corrected chi connectivity index (χ2v) is 10.4. The second-order valence-electron chi connectivity index (χ2n) is 10.4. The normalized spacial score (nSPS) is 32.6. The van der Waals surface area contributed by atoms with Gasteiger partial charge in [-0.3, -0.25) is 9.13 Å². The van der Waals surface area contributed by atoms with Crippen LogP contribution in [0.1, 0.15) is 23.9 Å². The third kappa shape index (κ3) is 5.58. The summed E-state index contributed by atoms with van der Waals surface area (Å²) in [5.74, 6) is 5.90. The molecule has 230 valence electrons. The van der Waals surface area contributed by atoms with Gasteiger partial charge < -0.3 is 29.2 Å². The molecule has 9 atom stereocenters. The van der Waals surface area contributed by atoms with Gasteiger partial charge in [0.15, 0.2) is 30.3 Å². The van der Waals surface area contributed by atoms with Crippen LogP contribution >= 0.6 is 0 Å². The first-order valence-electron chi connectivity index (χ1n) is 13.6. The van der Waals surface area contributed by atoms with E-state index in [1.165, 1.54) is 24.5 Å². The van der Waals surface area contributed by atoms with Gasteiger partial charge in [-0.25, -0.2) is 29.2 Å². The number of benzene rings is 1. The average Bonchev–Trinajstić information content (AvgIpc) is 3.03. The van der Waals surface area contributed by atoms with E-state index in [1.54, 1.807) is 0 Å². The first-order chi connectivity index (χ1) is 20.8. The molecule has 0 radical (unpaired) electrons. The first kappa shape index (κ1) is 29.4. The van der Waals surface area contributed by atoms with Gasteiger partial charge >= 0.3 is 11.4 Å². The van der Waals surface area contributed by atoms with E-state index in [2.05, 4.69) is 9.97 Å². The second kappa shape index (κ2) is 12.2. The van der Waals surface area contributed by atoms with Crippen molar-refractivity contribution in [2.75, 3.05) is 31.4 Å². The van der Waals surface area contributed by atoms with E-state index in [9.17, 15) is 24.2 Å². The van der Waals surface area contributed by atoms with E-state index < -0.39 is 73.1 Å². The molecule has 1 unspecified atom stereocenters. The number of hydrogen-bond donors (Lipinski definition) is 3. The largest absolute Gasteiger partial charge is 0.394 e. The molecule has 0 aliphatic carbocycles. The van der Waals surface area contributed by atoms with Gasteiger partial charge in [0.25, 0.3) is 0 Å².